The van der Waals surface area contributed by atoms with E-state index in [4.69, 9.17) is 28.2 Å². The molecule has 8 atom stereocenters. The first kappa shape index (κ1) is 91.0. The summed E-state index contributed by atoms with van der Waals surface area (Å²) in [5.74, 6) is 4.42. The quantitative estimate of drug-likeness (QED) is 0.0401. The number of fused-ring (bicyclic) bond motifs is 3. The number of piperidine rings is 3. The van der Waals surface area contributed by atoms with Gasteiger partial charge in [-0.25, -0.2) is 9.59 Å². The van der Waals surface area contributed by atoms with Crippen LogP contribution in [0.15, 0.2) is 128 Å². The van der Waals surface area contributed by atoms with Crippen LogP contribution in [0.3, 0.4) is 0 Å². The fourth-order valence-corrected chi connectivity index (χ4v) is 18.0. The smallest absolute Gasteiger partial charge is 0.419 e. The number of hydrogen-bond donors (Lipinski definition) is 4. The number of nitrogens with one attached hydrogen (secondary N) is 2. The molecule has 0 aliphatic carbocycles. The molecule has 3 fully saturated rings. The van der Waals surface area contributed by atoms with E-state index in [1.54, 1.807) is 51.0 Å². The maximum atomic E-state index is 13.0. The number of carbonyl (C=O) groups is 2. The molecule has 0 amide bonds. The lowest BCUT2D eigenvalue weighted by atomic mass is 9.87. The van der Waals surface area contributed by atoms with Crippen LogP contribution in [0.25, 0.3) is 32.7 Å². The van der Waals surface area contributed by atoms with Crippen molar-refractivity contribution in [3.05, 3.63) is 178 Å². The van der Waals surface area contributed by atoms with E-state index in [1.807, 2.05) is 149 Å². The minimum absolute atomic E-state index is 0.154. The summed E-state index contributed by atoms with van der Waals surface area (Å²) >= 11 is 3.51. The molecule has 612 valence electrons. The Morgan fingerprint density at radius 2 is 0.964 bits per heavy atom. The standard InChI is InChI=1S/C30H41N2O4P.C24H31N2O3P.C16H21NO4.C15H24NO2P.C3H9BrSi/c1-20-13-15-31(26(17-20)22-9-11-23(12-10-22)37(7,8)34)19-25-24-14-16-32(29(33)36-30(3,4)5)28(24)21(2)18-27(25)35-6;1-16-10-12-26(22(13-16)18-5-7-19(8-6-18)30(4,27)28)15-21-20-9-11-25-24(20)17(2)14-23(21)29-3;1-10-8-13(20-5)12(9-18)11-6-7-17(14(10)11)15(19)21-16(2,3)4;1-4-18-19(3,17)14-7-5-13(6-8-14)15-11-12(2)9-10-16-15;1-5(2,3)4/h9-12,14,16,18,20,26H,13,15,17,19H2,1-8H3;5-9,11,14,16,22,25H,10,12-13,15H2,1-4H3,(H,27,28);6-8,18H,9H2,1-5H3;5-8,12,15-16H,4,9-11H2,1-3H3;1-3H3/t20-,26+;16-,22+;;12-,15+,19?;/m11.1./s1. The third-order valence-corrected chi connectivity index (χ3v) is 25.5. The number of carbonyl (C=O) groups excluding carboxylic acids is 2. The first-order valence-corrected chi connectivity index (χ1v) is 51.8. The van der Waals surface area contributed by atoms with Gasteiger partial charge >= 0.3 is 12.2 Å². The van der Waals surface area contributed by atoms with Gasteiger partial charge in [0.25, 0.3) is 0 Å². The molecule has 3 aromatic heterocycles. The number of nitrogens with zero attached hydrogens (tertiary/aromatic N) is 4. The van der Waals surface area contributed by atoms with Crippen molar-refractivity contribution in [3.63, 3.8) is 0 Å². The van der Waals surface area contributed by atoms with Gasteiger partial charge in [0.2, 0.25) is 14.7 Å². The summed E-state index contributed by atoms with van der Waals surface area (Å²) in [6.45, 7) is 43.5. The van der Waals surface area contributed by atoms with Gasteiger partial charge in [0, 0.05) is 117 Å². The Balaban J connectivity index is 0.000000189. The SMILES string of the molecule is CCOP(C)(=O)c1ccc([C@@H]2C[C@H](C)CCN2)cc1.COc1cc(C)c2[nH]ccc2c1CN1CC[C@@H](C)C[C@H]1c1ccc(P(C)(=O)O)cc1.COc1cc(C)c2c(ccn2C(=O)OC(C)(C)C)c1CN1CC[C@@H](C)C[C@H]1c1ccc(P(C)(C)=O)cc1.COc1cc(C)c2c(ccn2C(=O)OC(C)(C)C)c1CO.C[Si](C)(C)Br. The number of H-pyrrole nitrogens is 1. The van der Waals surface area contributed by atoms with E-state index in [0.717, 1.165) is 112 Å². The molecule has 6 aromatic carbocycles. The van der Waals surface area contributed by atoms with Crippen molar-refractivity contribution in [3.8, 4) is 17.2 Å². The van der Waals surface area contributed by atoms with Gasteiger partial charge in [-0.1, -0.05) is 88.9 Å². The molecule has 3 aliphatic rings. The number of halogens is 1. The molecule has 24 heteroatoms. The summed E-state index contributed by atoms with van der Waals surface area (Å²) in [6, 6.07) is 36.9. The summed E-state index contributed by atoms with van der Waals surface area (Å²) in [5, 5.41) is 18.4. The topological polar surface area (TPSA) is 225 Å². The highest BCUT2D eigenvalue weighted by Crippen LogP contribution is 2.45. The molecule has 3 saturated heterocycles. The number of likely N-dealkylation sites (tertiary alicyclic amines) is 2. The molecular weight excluding hydrogens is 1550 g/mol. The van der Waals surface area contributed by atoms with Crippen LogP contribution in [0.4, 0.5) is 9.59 Å². The molecule has 9 aromatic rings. The Kier molecular flexibility index (Phi) is 31.2. The average molecular weight is 1680 g/mol. The lowest BCUT2D eigenvalue weighted by Gasteiger charge is -2.39. The van der Waals surface area contributed by atoms with Gasteiger partial charge in [-0.3, -0.25) is 28.1 Å². The third-order valence-electron chi connectivity index (χ3n) is 20.7. The number of aliphatic hydroxyl groups is 1. The van der Waals surface area contributed by atoms with Gasteiger partial charge in [0.1, 0.15) is 42.3 Å². The summed E-state index contributed by atoms with van der Waals surface area (Å²) in [7, 11) is -3.15. The molecule has 0 bridgehead atoms. The first-order chi connectivity index (χ1) is 52.4. The van der Waals surface area contributed by atoms with Crippen molar-refractivity contribution in [2.45, 2.75) is 197 Å². The van der Waals surface area contributed by atoms with Crippen LogP contribution in [-0.2, 0) is 47.4 Å². The Bertz CT molecular complexity index is 4810. The number of aryl methyl sites for hydroxylation is 3. The van der Waals surface area contributed by atoms with Gasteiger partial charge in [0.15, 0.2) is 0 Å². The van der Waals surface area contributed by atoms with Crippen LogP contribution in [-0.4, -0.2) is 138 Å². The van der Waals surface area contributed by atoms with Crippen LogP contribution < -0.4 is 35.4 Å². The van der Waals surface area contributed by atoms with E-state index in [9.17, 15) is 33.3 Å². The minimum Gasteiger partial charge on any atom is -0.496 e. The van der Waals surface area contributed by atoms with Gasteiger partial charge in [-0.2, -0.15) is 0 Å². The highest BCUT2D eigenvalue weighted by molar-refractivity contribution is 9.26. The molecule has 0 spiro atoms. The second-order valence-electron chi connectivity index (χ2n) is 34.1. The monoisotopic (exact) mass is 1670 g/mol. The largest absolute Gasteiger partial charge is 0.496 e. The molecule has 6 heterocycles. The number of ether oxygens (including phenoxy) is 5. The van der Waals surface area contributed by atoms with Crippen LogP contribution in [0, 0.1) is 38.5 Å². The molecule has 4 N–H and O–H groups in total. The lowest BCUT2D eigenvalue weighted by molar-refractivity contribution is 0.0533. The van der Waals surface area contributed by atoms with Crippen molar-refractivity contribution in [1.82, 2.24) is 29.2 Å². The number of benzene rings is 6. The zero-order chi connectivity index (χ0) is 82.8. The first-order valence-electron chi connectivity index (χ1n) is 39.2. The summed E-state index contributed by atoms with van der Waals surface area (Å²) < 4.78 is 73.3. The van der Waals surface area contributed by atoms with Crippen molar-refractivity contribution in [2.24, 2.45) is 17.8 Å². The highest BCUT2D eigenvalue weighted by Gasteiger charge is 2.34. The fraction of sp³-hybridized carbons (Fsp3) is 0.500. The number of hydrogen-bond acceptors (Lipinski definition) is 15. The second-order valence-corrected chi connectivity index (χ2v) is 53.3. The Morgan fingerprint density at radius 3 is 1.38 bits per heavy atom. The Labute approximate surface area is 675 Å². The normalized spacial score (nSPS) is 19.6. The molecule has 3 aliphatic heterocycles. The van der Waals surface area contributed by atoms with Crippen LogP contribution in [0.1, 0.15) is 176 Å². The third kappa shape index (κ3) is 24.3. The van der Waals surface area contributed by atoms with E-state index < -0.39 is 45.9 Å². The maximum Gasteiger partial charge on any atom is 0.419 e. The van der Waals surface area contributed by atoms with Crippen LogP contribution >= 0.6 is 37.2 Å². The number of methoxy groups -OCH3 is 3. The zero-order valence-electron chi connectivity index (χ0n) is 70.7. The number of aromatic nitrogens is 3. The molecule has 0 radical (unpaired) electrons. The van der Waals surface area contributed by atoms with Crippen molar-refractivity contribution >= 4 is 105 Å². The van der Waals surface area contributed by atoms with Gasteiger partial charge in [-0.05, 0) is 253 Å². The second kappa shape index (κ2) is 38.5. The van der Waals surface area contributed by atoms with Gasteiger partial charge in [-0.15, -0.1) is 15.3 Å². The Hall–Kier alpha value is -6.57. The van der Waals surface area contributed by atoms with E-state index in [0.29, 0.717) is 47.6 Å². The molecule has 0 saturated carbocycles. The number of aliphatic hydroxyl groups excluding tert-OH is 1. The predicted molar refractivity (Wildman–Crippen MR) is 468 cm³/mol. The van der Waals surface area contributed by atoms with Crippen molar-refractivity contribution in [1.29, 1.82) is 0 Å². The Morgan fingerprint density at radius 1 is 0.562 bits per heavy atom. The zero-order valence-corrected chi connectivity index (χ0v) is 75.9. The summed E-state index contributed by atoms with van der Waals surface area (Å²) in [6.07, 6.45) is 11.5. The molecular formula is C88H126BrN6O13P3Si. The van der Waals surface area contributed by atoms with E-state index in [1.165, 1.54) is 69.2 Å². The molecule has 112 heavy (non-hydrogen) atoms. The summed E-state index contributed by atoms with van der Waals surface area (Å²) in [4.78, 5) is 43.6. The van der Waals surface area contributed by atoms with Gasteiger partial charge in [0.05, 0.1) is 45.6 Å². The number of aromatic amines is 1. The van der Waals surface area contributed by atoms with Crippen molar-refractivity contribution in [2.75, 3.05) is 74.2 Å². The fourth-order valence-electron chi connectivity index (χ4n) is 15.1. The highest BCUT2D eigenvalue weighted by atomic mass is 79.9. The maximum absolute atomic E-state index is 13.0. The van der Waals surface area contributed by atoms with E-state index >= 15 is 0 Å². The summed E-state index contributed by atoms with van der Waals surface area (Å²) in [5.41, 5.74) is 11.3. The number of rotatable bonds is 16. The average Bonchev–Trinajstić information content (AvgIpc) is 1.49. The van der Waals surface area contributed by atoms with Gasteiger partial charge < -0.3 is 53.1 Å². The van der Waals surface area contributed by atoms with Crippen LogP contribution in [0.2, 0.25) is 19.6 Å². The minimum atomic E-state index is -3.23. The molecule has 12 rings (SSSR count). The van der Waals surface area contributed by atoms with Crippen molar-refractivity contribution < 1.29 is 61.5 Å². The van der Waals surface area contributed by atoms with E-state index in [-0.39, 0.29) is 24.8 Å². The van der Waals surface area contributed by atoms with E-state index in [2.05, 4.69) is 119 Å². The van der Waals surface area contributed by atoms with Crippen LogP contribution in [0.5, 0.6) is 17.2 Å². The molecule has 2 unspecified atom stereocenters. The predicted octanol–water partition coefficient (Wildman–Crippen LogP) is 20.7. The molecule has 19 nitrogen and oxygen atoms in total. The lowest BCUT2D eigenvalue weighted by Crippen LogP contribution is -2.36.